The van der Waals surface area contributed by atoms with Gasteiger partial charge in [0.05, 0.1) is 5.01 Å². The minimum absolute atomic E-state index is 0.630. The van der Waals surface area contributed by atoms with E-state index in [4.69, 9.17) is 0 Å². The molecular weight excluding hydrogens is 168 g/mol. The monoisotopic (exact) mass is 184 g/mol. The van der Waals surface area contributed by atoms with E-state index in [1.165, 1.54) is 17.8 Å². The van der Waals surface area contributed by atoms with Gasteiger partial charge in [-0.3, -0.25) is 0 Å². The third-order valence-corrected chi connectivity index (χ3v) is 2.84. The largest absolute Gasteiger partial charge is 0.317 e. The zero-order valence-corrected chi connectivity index (χ0v) is 8.53. The second-order valence-electron chi connectivity index (χ2n) is 3.01. The summed E-state index contributed by atoms with van der Waals surface area (Å²) in [6, 6.07) is 0.630. The lowest BCUT2D eigenvalue weighted by Gasteiger charge is -2.07. The Kier molecular flexibility index (Phi) is 4.25. The number of hydrogen-bond donors (Lipinski definition) is 1. The van der Waals surface area contributed by atoms with Crippen molar-refractivity contribution in [3.8, 4) is 0 Å². The van der Waals surface area contributed by atoms with Crippen molar-refractivity contribution in [3.05, 3.63) is 16.6 Å². The first kappa shape index (κ1) is 9.68. The van der Waals surface area contributed by atoms with E-state index in [0.29, 0.717) is 6.04 Å². The summed E-state index contributed by atoms with van der Waals surface area (Å²) in [7, 11) is 2.01. The van der Waals surface area contributed by atoms with Gasteiger partial charge in [0.25, 0.3) is 0 Å². The zero-order chi connectivity index (χ0) is 8.81. The smallest absolute Gasteiger partial charge is 0.0924 e. The SMILES string of the molecule is CNC(C)CCCc1nccs1. The van der Waals surface area contributed by atoms with Crippen molar-refractivity contribution in [3.63, 3.8) is 0 Å². The molecule has 0 fully saturated rings. The standard InChI is InChI=1S/C9H16N2S/c1-8(10-2)4-3-5-9-11-6-7-12-9/h6-8,10H,3-5H2,1-2H3. The maximum Gasteiger partial charge on any atom is 0.0924 e. The molecule has 0 aliphatic carbocycles. The Bertz CT molecular complexity index is 196. The lowest BCUT2D eigenvalue weighted by Crippen LogP contribution is -2.20. The van der Waals surface area contributed by atoms with Crippen LogP contribution in [0.15, 0.2) is 11.6 Å². The highest BCUT2D eigenvalue weighted by atomic mass is 32.1. The molecule has 1 N–H and O–H groups in total. The Morgan fingerprint density at radius 1 is 1.67 bits per heavy atom. The maximum absolute atomic E-state index is 4.24. The average Bonchev–Trinajstić information content (AvgIpc) is 2.57. The summed E-state index contributed by atoms with van der Waals surface area (Å²) in [5.74, 6) is 0. The molecule has 0 aromatic carbocycles. The molecule has 0 saturated heterocycles. The van der Waals surface area contributed by atoms with E-state index < -0.39 is 0 Å². The van der Waals surface area contributed by atoms with Crippen LogP contribution < -0.4 is 5.32 Å². The van der Waals surface area contributed by atoms with Gasteiger partial charge < -0.3 is 5.32 Å². The summed E-state index contributed by atoms with van der Waals surface area (Å²) in [5, 5.41) is 6.53. The van der Waals surface area contributed by atoms with Crippen LogP contribution in [0.4, 0.5) is 0 Å². The third-order valence-electron chi connectivity index (χ3n) is 2.00. The molecule has 1 aromatic rings. The molecule has 1 rings (SSSR count). The van der Waals surface area contributed by atoms with Gasteiger partial charge in [-0.15, -0.1) is 11.3 Å². The second-order valence-corrected chi connectivity index (χ2v) is 3.99. The van der Waals surface area contributed by atoms with Gasteiger partial charge in [0.15, 0.2) is 0 Å². The Hall–Kier alpha value is -0.410. The molecule has 1 heterocycles. The molecule has 68 valence electrons. The number of rotatable bonds is 5. The molecule has 1 aromatic heterocycles. The minimum Gasteiger partial charge on any atom is -0.317 e. The fourth-order valence-electron chi connectivity index (χ4n) is 1.08. The van der Waals surface area contributed by atoms with Crippen LogP contribution in [-0.4, -0.2) is 18.1 Å². The molecular formula is C9H16N2S. The molecule has 1 atom stereocenters. The third kappa shape index (κ3) is 3.32. The molecule has 0 bridgehead atoms. The first-order valence-corrected chi connectivity index (χ1v) is 5.26. The van der Waals surface area contributed by atoms with E-state index in [-0.39, 0.29) is 0 Å². The summed E-state index contributed by atoms with van der Waals surface area (Å²) in [6.45, 7) is 2.21. The van der Waals surface area contributed by atoms with E-state index in [9.17, 15) is 0 Å². The number of nitrogens with one attached hydrogen (secondary N) is 1. The highest BCUT2D eigenvalue weighted by molar-refractivity contribution is 7.09. The van der Waals surface area contributed by atoms with Crippen LogP contribution in [-0.2, 0) is 6.42 Å². The molecule has 0 aliphatic heterocycles. The number of aromatic nitrogens is 1. The molecule has 0 amide bonds. The lowest BCUT2D eigenvalue weighted by atomic mass is 10.1. The number of nitrogens with zero attached hydrogens (tertiary/aromatic N) is 1. The fraction of sp³-hybridized carbons (Fsp3) is 0.667. The maximum atomic E-state index is 4.24. The van der Waals surface area contributed by atoms with Gasteiger partial charge >= 0.3 is 0 Å². The summed E-state index contributed by atoms with van der Waals surface area (Å²) < 4.78 is 0. The lowest BCUT2D eigenvalue weighted by molar-refractivity contribution is 0.541. The van der Waals surface area contributed by atoms with Crippen LogP contribution in [0.3, 0.4) is 0 Å². The molecule has 1 unspecified atom stereocenters. The number of aryl methyl sites for hydroxylation is 1. The topological polar surface area (TPSA) is 24.9 Å². The van der Waals surface area contributed by atoms with Gasteiger partial charge in [-0.05, 0) is 33.2 Å². The summed E-state index contributed by atoms with van der Waals surface area (Å²) in [6.07, 6.45) is 5.47. The molecule has 3 heteroatoms. The normalized spacial score (nSPS) is 13.2. The minimum atomic E-state index is 0.630. The molecule has 2 nitrogen and oxygen atoms in total. The van der Waals surface area contributed by atoms with Gasteiger partial charge in [0, 0.05) is 17.6 Å². The Labute approximate surface area is 78.0 Å². The number of hydrogen-bond acceptors (Lipinski definition) is 3. The van der Waals surface area contributed by atoms with Crippen molar-refractivity contribution in [2.75, 3.05) is 7.05 Å². The summed E-state index contributed by atoms with van der Waals surface area (Å²) in [5.41, 5.74) is 0. The van der Waals surface area contributed by atoms with Crippen molar-refractivity contribution in [2.45, 2.75) is 32.2 Å². The molecule has 0 aliphatic rings. The predicted octanol–water partition coefficient (Wildman–Crippen LogP) is 2.07. The van der Waals surface area contributed by atoms with E-state index in [2.05, 4.69) is 17.2 Å². The van der Waals surface area contributed by atoms with Gasteiger partial charge in [0.2, 0.25) is 0 Å². The highest BCUT2D eigenvalue weighted by Gasteiger charge is 1.99. The van der Waals surface area contributed by atoms with Crippen LogP contribution in [0.2, 0.25) is 0 Å². The van der Waals surface area contributed by atoms with Crippen LogP contribution in [0, 0.1) is 0 Å². The van der Waals surface area contributed by atoms with Crippen molar-refractivity contribution in [1.82, 2.24) is 10.3 Å². The fourth-order valence-corrected chi connectivity index (χ4v) is 1.74. The first-order valence-electron chi connectivity index (χ1n) is 4.38. The average molecular weight is 184 g/mol. The van der Waals surface area contributed by atoms with Gasteiger partial charge in [-0.2, -0.15) is 0 Å². The summed E-state index contributed by atoms with van der Waals surface area (Å²) in [4.78, 5) is 4.24. The van der Waals surface area contributed by atoms with Crippen molar-refractivity contribution in [2.24, 2.45) is 0 Å². The van der Waals surface area contributed by atoms with Crippen molar-refractivity contribution < 1.29 is 0 Å². The molecule has 12 heavy (non-hydrogen) atoms. The van der Waals surface area contributed by atoms with E-state index in [1.54, 1.807) is 11.3 Å². The van der Waals surface area contributed by atoms with E-state index in [1.807, 2.05) is 18.6 Å². The number of thiazole rings is 1. The van der Waals surface area contributed by atoms with Gasteiger partial charge in [0.1, 0.15) is 0 Å². The van der Waals surface area contributed by atoms with Crippen LogP contribution in [0.5, 0.6) is 0 Å². The van der Waals surface area contributed by atoms with Gasteiger partial charge in [-0.25, -0.2) is 4.98 Å². The summed E-state index contributed by atoms with van der Waals surface area (Å²) >= 11 is 1.75. The van der Waals surface area contributed by atoms with Gasteiger partial charge in [-0.1, -0.05) is 0 Å². The van der Waals surface area contributed by atoms with Crippen LogP contribution in [0.1, 0.15) is 24.8 Å². The van der Waals surface area contributed by atoms with Crippen LogP contribution >= 0.6 is 11.3 Å². The Morgan fingerprint density at radius 3 is 3.08 bits per heavy atom. The Balaban J connectivity index is 2.11. The predicted molar refractivity (Wildman–Crippen MR) is 53.6 cm³/mol. The van der Waals surface area contributed by atoms with Crippen molar-refractivity contribution in [1.29, 1.82) is 0 Å². The molecule has 0 spiro atoms. The first-order chi connectivity index (χ1) is 5.83. The van der Waals surface area contributed by atoms with E-state index in [0.717, 1.165) is 6.42 Å². The molecule has 0 saturated carbocycles. The molecule has 0 radical (unpaired) electrons. The van der Waals surface area contributed by atoms with E-state index >= 15 is 0 Å². The zero-order valence-electron chi connectivity index (χ0n) is 7.71. The van der Waals surface area contributed by atoms with Crippen molar-refractivity contribution >= 4 is 11.3 Å². The highest BCUT2D eigenvalue weighted by Crippen LogP contribution is 2.08. The van der Waals surface area contributed by atoms with Crippen LogP contribution in [0.25, 0.3) is 0 Å². The Morgan fingerprint density at radius 2 is 2.50 bits per heavy atom. The quantitative estimate of drug-likeness (QED) is 0.758. The second kappa shape index (κ2) is 5.27.